The molecule has 2 heterocycles. The number of aromatic nitrogens is 1. The van der Waals surface area contributed by atoms with Gasteiger partial charge < -0.3 is 9.64 Å². The number of aryl methyl sites for hydroxylation is 1. The fourth-order valence-electron chi connectivity index (χ4n) is 3.43. The van der Waals surface area contributed by atoms with Gasteiger partial charge >= 0.3 is 0 Å². The lowest BCUT2D eigenvalue weighted by Crippen LogP contribution is -2.47. The van der Waals surface area contributed by atoms with Crippen LogP contribution in [-0.4, -0.2) is 30.0 Å². The van der Waals surface area contributed by atoms with Crippen molar-refractivity contribution in [3.05, 3.63) is 65.3 Å². The molecule has 4 nitrogen and oxygen atoms in total. The summed E-state index contributed by atoms with van der Waals surface area (Å²) < 4.78 is 46.5. The molecule has 0 fully saturated rings. The molecule has 3 rings (SSSR count). The number of alkyl halides is 2. The van der Waals surface area contributed by atoms with Gasteiger partial charge in [-0.2, -0.15) is 0 Å². The molecular weight excluding hydrogens is 367 g/mol. The van der Waals surface area contributed by atoms with Gasteiger partial charge in [0.15, 0.2) is 11.6 Å². The molecule has 0 N–H and O–H groups in total. The standard InChI is InChI=1S/C21H22F3N3O/c1-6-9-27-19-14(7-8-15(28-5)16(19)22)18(26-21(27,3)4)13-10-12(2)17(20(23)24)25-11-13/h6-8,10-11,20H,1,9H2,2-5H3. The second-order valence-corrected chi connectivity index (χ2v) is 7.06. The zero-order chi connectivity index (χ0) is 20.6. The van der Waals surface area contributed by atoms with E-state index in [1.165, 1.54) is 19.4 Å². The SMILES string of the molecule is C=CCN1c2c(ccc(OC)c2F)C(c2cnc(C(F)F)c(C)c2)=NC1(C)C. The molecule has 1 aromatic heterocycles. The molecule has 0 aliphatic carbocycles. The first-order valence-corrected chi connectivity index (χ1v) is 8.81. The number of nitrogens with zero attached hydrogens (tertiary/aromatic N) is 3. The number of hydrogen-bond acceptors (Lipinski definition) is 4. The van der Waals surface area contributed by atoms with Crippen LogP contribution in [0.2, 0.25) is 0 Å². The zero-order valence-corrected chi connectivity index (χ0v) is 16.3. The van der Waals surface area contributed by atoms with Crippen LogP contribution in [0.1, 0.15) is 42.7 Å². The molecule has 0 spiro atoms. The number of fused-ring (bicyclic) bond motifs is 1. The Morgan fingerprint density at radius 1 is 1.32 bits per heavy atom. The third-order valence-corrected chi connectivity index (χ3v) is 4.78. The molecule has 0 atom stereocenters. The van der Waals surface area contributed by atoms with Crippen molar-refractivity contribution in [2.24, 2.45) is 4.99 Å². The molecule has 7 heteroatoms. The molecule has 1 aromatic carbocycles. The van der Waals surface area contributed by atoms with Crippen molar-refractivity contribution in [1.82, 2.24) is 4.98 Å². The summed E-state index contributed by atoms with van der Waals surface area (Å²) in [5.74, 6) is -0.386. The molecular formula is C21H22F3N3O. The Kier molecular flexibility index (Phi) is 5.19. The number of aliphatic imine (C=N–C) groups is 1. The topological polar surface area (TPSA) is 37.7 Å². The van der Waals surface area contributed by atoms with Crippen LogP contribution in [0, 0.1) is 12.7 Å². The number of methoxy groups -OCH3 is 1. The lowest BCUT2D eigenvalue weighted by molar-refractivity contribution is 0.145. The van der Waals surface area contributed by atoms with Crippen LogP contribution >= 0.6 is 0 Å². The molecule has 0 radical (unpaired) electrons. The van der Waals surface area contributed by atoms with Crippen LogP contribution in [0.4, 0.5) is 18.9 Å². The highest BCUT2D eigenvalue weighted by molar-refractivity contribution is 6.17. The second kappa shape index (κ2) is 7.30. The van der Waals surface area contributed by atoms with Gasteiger partial charge in [0.2, 0.25) is 0 Å². The van der Waals surface area contributed by atoms with Crippen LogP contribution in [0.25, 0.3) is 0 Å². The molecule has 1 aliphatic rings. The molecule has 0 saturated carbocycles. The average molecular weight is 389 g/mol. The summed E-state index contributed by atoms with van der Waals surface area (Å²) in [5.41, 5.74) is 1.23. The van der Waals surface area contributed by atoms with Crippen LogP contribution in [-0.2, 0) is 0 Å². The maximum atomic E-state index is 15.2. The Morgan fingerprint density at radius 3 is 2.61 bits per heavy atom. The smallest absolute Gasteiger partial charge is 0.280 e. The summed E-state index contributed by atoms with van der Waals surface area (Å²) >= 11 is 0. The minimum absolute atomic E-state index is 0.118. The molecule has 2 aromatic rings. The molecule has 0 amide bonds. The van der Waals surface area contributed by atoms with Gasteiger partial charge in [-0.25, -0.2) is 13.2 Å². The molecule has 148 valence electrons. The quantitative estimate of drug-likeness (QED) is 0.671. The lowest BCUT2D eigenvalue weighted by atomic mass is 9.94. The fraction of sp³-hybridized carbons (Fsp3) is 0.333. The van der Waals surface area contributed by atoms with Crippen molar-refractivity contribution in [3.8, 4) is 5.75 Å². The number of anilines is 1. The van der Waals surface area contributed by atoms with Gasteiger partial charge in [0, 0.05) is 23.9 Å². The molecule has 0 bridgehead atoms. The van der Waals surface area contributed by atoms with Crippen molar-refractivity contribution >= 4 is 11.4 Å². The van der Waals surface area contributed by atoms with E-state index < -0.39 is 17.9 Å². The third kappa shape index (κ3) is 3.25. The summed E-state index contributed by atoms with van der Waals surface area (Å²) in [5, 5.41) is 0. The summed E-state index contributed by atoms with van der Waals surface area (Å²) in [6, 6.07) is 4.86. The predicted molar refractivity (Wildman–Crippen MR) is 104 cm³/mol. The third-order valence-electron chi connectivity index (χ3n) is 4.78. The number of hydrogen-bond donors (Lipinski definition) is 0. The van der Waals surface area contributed by atoms with Crippen molar-refractivity contribution < 1.29 is 17.9 Å². The first-order valence-electron chi connectivity index (χ1n) is 8.81. The number of ether oxygens (including phenoxy) is 1. The van der Waals surface area contributed by atoms with Crippen molar-refractivity contribution in [1.29, 1.82) is 0 Å². The fourth-order valence-corrected chi connectivity index (χ4v) is 3.43. The highest BCUT2D eigenvalue weighted by atomic mass is 19.3. The Labute approximate surface area is 162 Å². The minimum Gasteiger partial charge on any atom is -0.494 e. The zero-order valence-electron chi connectivity index (χ0n) is 16.3. The van der Waals surface area contributed by atoms with E-state index in [0.717, 1.165) is 0 Å². The molecule has 1 aliphatic heterocycles. The van der Waals surface area contributed by atoms with Crippen LogP contribution < -0.4 is 9.64 Å². The first-order chi connectivity index (χ1) is 13.2. The van der Waals surface area contributed by atoms with E-state index in [2.05, 4.69) is 11.6 Å². The van der Waals surface area contributed by atoms with E-state index in [1.54, 1.807) is 30.0 Å². The number of halogens is 3. The summed E-state index contributed by atoms with van der Waals surface area (Å²) in [6.07, 6.45) is 0.378. The Hall–Kier alpha value is -2.83. The summed E-state index contributed by atoms with van der Waals surface area (Å²) in [7, 11) is 1.40. The van der Waals surface area contributed by atoms with Gasteiger partial charge in [-0.1, -0.05) is 6.08 Å². The van der Waals surface area contributed by atoms with Crippen molar-refractivity contribution in [3.63, 3.8) is 0 Å². The van der Waals surface area contributed by atoms with E-state index >= 15 is 4.39 Å². The van der Waals surface area contributed by atoms with Crippen LogP contribution in [0.3, 0.4) is 0 Å². The molecule has 28 heavy (non-hydrogen) atoms. The average Bonchev–Trinajstić information content (AvgIpc) is 2.63. The highest BCUT2D eigenvalue weighted by Gasteiger charge is 2.37. The maximum Gasteiger partial charge on any atom is 0.280 e. The highest BCUT2D eigenvalue weighted by Crippen LogP contribution is 2.41. The minimum atomic E-state index is -2.66. The largest absolute Gasteiger partial charge is 0.494 e. The van der Waals surface area contributed by atoms with E-state index in [4.69, 9.17) is 9.73 Å². The van der Waals surface area contributed by atoms with Gasteiger partial charge in [-0.3, -0.25) is 9.98 Å². The Morgan fingerprint density at radius 2 is 2.04 bits per heavy atom. The Balaban J connectivity index is 2.25. The van der Waals surface area contributed by atoms with Gasteiger partial charge in [0.05, 0.1) is 18.5 Å². The van der Waals surface area contributed by atoms with Crippen LogP contribution in [0.5, 0.6) is 5.75 Å². The lowest BCUT2D eigenvalue weighted by Gasteiger charge is -2.42. The monoisotopic (exact) mass is 389 g/mol. The molecule has 0 unspecified atom stereocenters. The van der Waals surface area contributed by atoms with Gasteiger partial charge in [0.25, 0.3) is 6.43 Å². The van der Waals surface area contributed by atoms with Crippen LogP contribution in [0.15, 0.2) is 42.0 Å². The maximum absolute atomic E-state index is 15.2. The summed E-state index contributed by atoms with van der Waals surface area (Å²) in [6.45, 7) is 9.42. The van der Waals surface area contributed by atoms with E-state index in [9.17, 15) is 8.78 Å². The normalized spacial score (nSPS) is 15.3. The van der Waals surface area contributed by atoms with E-state index in [-0.39, 0.29) is 11.4 Å². The number of benzene rings is 1. The van der Waals surface area contributed by atoms with E-state index in [0.29, 0.717) is 34.6 Å². The number of pyridine rings is 1. The van der Waals surface area contributed by atoms with Gasteiger partial charge in [-0.15, -0.1) is 6.58 Å². The van der Waals surface area contributed by atoms with E-state index in [1.807, 2.05) is 13.8 Å². The van der Waals surface area contributed by atoms with Gasteiger partial charge in [-0.05, 0) is 44.5 Å². The second-order valence-electron chi connectivity index (χ2n) is 7.06. The van der Waals surface area contributed by atoms with Gasteiger partial charge in [0.1, 0.15) is 11.4 Å². The molecule has 0 saturated heterocycles. The van der Waals surface area contributed by atoms with Crippen molar-refractivity contribution in [2.45, 2.75) is 32.9 Å². The van der Waals surface area contributed by atoms with Crippen molar-refractivity contribution in [2.75, 3.05) is 18.6 Å². The number of rotatable bonds is 5. The predicted octanol–water partition coefficient (Wildman–Crippen LogP) is 5.05. The first kappa shape index (κ1) is 19.9. The summed E-state index contributed by atoms with van der Waals surface area (Å²) in [4.78, 5) is 10.5. The Bertz CT molecular complexity index is 954.